The molecule has 18 heavy (non-hydrogen) atoms. The summed E-state index contributed by atoms with van der Waals surface area (Å²) < 4.78 is 17.5. The summed E-state index contributed by atoms with van der Waals surface area (Å²) in [5.74, 6) is -1.93. The number of aromatic hydroxyl groups is 1. The molecule has 0 aliphatic heterocycles. The summed E-state index contributed by atoms with van der Waals surface area (Å²) in [6, 6.07) is 2.93. The van der Waals surface area contributed by atoms with Crippen LogP contribution in [0.4, 0.5) is 4.39 Å². The molecular weight excluding hydrogens is 263 g/mol. The number of halogens is 2. The maximum absolute atomic E-state index is 13.1. The van der Waals surface area contributed by atoms with E-state index in [-0.39, 0.29) is 24.4 Å². The molecule has 0 amide bonds. The normalized spacial score (nSPS) is 11.0. The molecule has 0 aliphatic carbocycles. The Bertz CT molecular complexity index is 488. The standard InChI is InChI=1S/C11H11FN2O3.ClH/c1-17-10(15)4-9(14)6-2-3-8(12)7(5-13)11(6)16;/h2-3,9,16H,4,14H2,1H3;1H/t9-;/m0./s1. The van der Waals surface area contributed by atoms with E-state index < -0.39 is 29.1 Å². The van der Waals surface area contributed by atoms with Gasteiger partial charge in [0.1, 0.15) is 23.2 Å². The average molecular weight is 275 g/mol. The van der Waals surface area contributed by atoms with Gasteiger partial charge in [0.05, 0.1) is 13.5 Å². The number of nitrogens with zero attached hydrogens (tertiary/aromatic N) is 1. The highest BCUT2D eigenvalue weighted by Gasteiger charge is 2.19. The van der Waals surface area contributed by atoms with Crippen LogP contribution in [0.1, 0.15) is 23.6 Å². The van der Waals surface area contributed by atoms with Gasteiger partial charge < -0.3 is 15.6 Å². The number of rotatable bonds is 3. The van der Waals surface area contributed by atoms with Gasteiger partial charge in [-0.2, -0.15) is 5.26 Å². The summed E-state index contributed by atoms with van der Waals surface area (Å²) in [5.41, 5.74) is 5.30. The van der Waals surface area contributed by atoms with Crippen LogP contribution in [0, 0.1) is 17.1 Å². The third-order valence-electron chi connectivity index (χ3n) is 2.28. The molecule has 0 aromatic heterocycles. The lowest BCUT2D eigenvalue weighted by Crippen LogP contribution is -2.16. The summed E-state index contributed by atoms with van der Waals surface area (Å²) >= 11 is 0. The predicted octanol–water partition coefficient (Wildman–Crippen LogP) is 1.39. The van der Waals surface area contributed by atoms with Crippen molar-refractivity contribution in [1.29, 1.82) is 5.26 Å². The van der Waals surface area contributed by atoms with Crippen molar-refractivity contribution in [2.45, 2.75) is 12.5 Å². The zero-order valence-electron chi connectivity index (χ0n) is 9.51. The summed E-state index contributed by atoms with van der Waals surface area (Å²) in [6.07, 6.45) is -0.166. The predicted molar refractivity (Wildman–Crippen MR) is 63.6 cm³/mol. The summed E-state index contributed by atoms with van der Waals surface area (Å²) in [4.78, 5) is 11.0. The summed E-state index contributed by atoms with van der Waals surface area (Å²) in [6.45, 7) is 0. The van der Waals surface area contributed by atoms with E-state index in [1.54, 1.807) is 0 Å². The number of benzene rings is 1. The Kier molecular flexibility index (Phi) is 6.09. The number of phenols is 1. The molecule has 1 atom stereocenters. The largest absolute Gasteiger partial charge is 0.506 e. The fourth-order valence-corrected chi connectivity index (χ4v) is 1.36. The second kappa shape index (κ2) is 6.79. The van der Waals surface area contributed by atoms with Gasteiger partial charge in [0, 0.05) is 11.6 Å². The van der Waals surface area contributed by atoms with E-state index in [0.717, 1.165) is 6.07 Å². The van der Waals surface area contributed by atoms with Gasteiger partial charge in [-0.25, -0.2) is 4.39 Å². The minimum absolute atomic E-state index is 0. The minimum Gasteiger partial charge on any atom is -0.506 e. The van der Waals surface area contributed by atoms with Crippen molar-refractivity contribution in [3.05, 3.63) is 29.1 Å². The second-order valence-corrected chi connectivity index (χ2v) is 3.36. The Labute approximate surface area is 109 Å². The number of methoxy groups -OCH3 is 1. The van der Waals surface area contributed by atoms with Crippen LogP contribution in [0.2, 0.25) is 0 Å². The highest BCUT2D eigenvalue weighted by Crippen LogP contribution is 2.29. The zero-order chi connectivity index (χ0) is 13.0. The Morgan fingerprint density at radius 1 is 1.67 bits per heavy atom. The average Bonchev–Trinajstić information content (AvgIpc) is 2.29. The third kappa shape index (κ3) is 3.32. The van der Waals surface area contributed by atoms with Crippen molar-refractivity contribution in [3.8, 4) is 11.8 Å². The molecule has 0 spiro atoms. The molecule has 1 rings (SSSR count). The van der Waals surface area contributed by atoms with Crippen LogP contribution in [-0.4, -0.2) is 18.2 Å². The molecule has 3 N–H and O–H groups in total. The first kappa shape index (κ1) is 16.2. The SMILES string of the molecule is COC(=O)C[C@H](N)c1ccc(F)c(C#N)c1O.Cl. The van der Waals surface area contributed by atoms with E-state index in [2.05, 4.69) is 4.74 Å². The highest BCUT2D eigenvalue weighted by atomic mass is 35.5. The Hall–Kier alpha value is -1.84. The molecule has 0 fully saturated rings. The number of carbonyl (C=O) groups excluding carboxylic acids is 1. The molecule has 0 unspecified atom stereocenters. The van der Waals surface area contributed by atoms with Crippen molar-refractivity contribution in [2.75, 3.05) is 7.11 Å². The first-order valence-electron chi connectivity index (χ1n) is 4.75. The monoisotopic (exact) mass is 274 g/mol. The van der Waals surface area contributed by atoms with Crippen molar-refractivity contribution >= 4 is 18.4 Å². The highest BCUT2D eigenvalue weighted by molar-refractivity contribution is 5.85. The molecule has 1 aromatic rings. The van der Waals surface area contributed by atoms with Gasteiger partial charge in [-0.15, -0.1) is 12.4 Å². The molecule has 5 nitrogen and oxygen atoms in total. The summed E-state index contributed by atoms with van der Waals surface area (Å²) in [7, 11) is 1.21. The van der Waals surface area contributed by atoms with E-state index in [1.165, 1.54) is 19.2 Å². The van der Waals surface area contributed by atoms with Gasteiger partial charge in [-0.05, 0) is 6.07 Å². The fourth-order valence-electron chi connectivity index (χ4n) is 1.36. The Balaban J connectivity index is 0.00000289. The lowest BCUT2D eigenvalue weighted by molar-refractivity contribution is -0.141. The number of ether oxygens (including phenoxy) is 1. The van der Waals surface area contributed by atoms with Crippen molar-refractivity contribution in [3.63, 3.8) is 0 Å². The van der Waals surface area contributed by atoms with E-state index >= 15 is 0 Å². The number of carbonyl (C=O) groups is 1. The first-order chi connectivity index (χ1) is 8.01. The molecule has 0 bridgehead atoms. The number of phenolic OH excluding ortho intramolecular Hbond substituents is 1. The number of esters is 1. The molecule has 0 saturated heterocycles. The van der Waals surface area contributed by atoms with Gasteiger partial charge in [-0.3, -0.25) is 4.79 Å². The Morgan fingerprint density at radius 2 is 2.28 bits per heavy atom. The maximum atomic E-state index is 13.1. The lowest BCUT2D eigenvalue weighted by atomic mass is 10.0. The molecule has 1 aromatic carbocycles. The van der Waals surface area contributed by atoms with Crippen LogP contribution >= 0.6 is 12.4 Å². The number of hydrogen-bond donors (Lipinski definition) is 2. The third-order valence-corrected chi connectivity index (χ3v) is 2.28. The van der Waals surface area contributed by atoms with Crippen molar-refractivity contribution in [2.24, 2.45) is 5.73 Å². The Morgan fingerprint density at radius 3 is 2.78 bits per heavy atom. The van der Waals surface area contributed by atoms with Crippen LogP contribution in [-0.2, 0) is 9.53 Å². The van der Waals surface area contributed by atoms with Gasteiger partial charge in [-0.1, -0.05) is 6.07 Å². The maximum Gasteiger partial charge on any atom is 0.307 e. The quantitative estimate of drug-likeness (QED) is 0.812. The van der Waals surface area contributed by atoms with E-state index in [0.29, 0.717) is 0 Å². The molecular formula is C11H12ClFN2O3. The topological polar surface area (TPSA) is 96.3 Å². The van der Waals surface area contributed by atoms with Crippen LogP contribution in [0.25, 0.3) is 0 Å². The summed E-state index contributed by atoms with van der Waals surface area (Å²) in [5, 5.41) is 18.3. The molecule has 0 radical (unpaired) electrons. The van der Waals surface area contributed by atoms with E-state index in [4.69, 9.17) is 11.0 Å². The molecule has 98 valence electrons. The fraction of sp³-hybridized carbons (Fsp3) is 0.273. The minimum atomic E-state index is -0.852. The first-order valence-corrected chi connectivity index (χ1v) is 4.75. The van der Waals surface area contributed by atoms with Crippen LogP contribution in [0.3, 0.4) is 0 Å². The lowest BCUT2D eigenvalue weighted by Gasteiger charge is -2.13. The van der Waals surface area contributed by atoms with E-state index in [9.17, 15) is 14.3 Å². The van der Waals surface area contributed by atoms with Gasteiger partial charge >= 0.3 is 5.97 Å². The van der Waals surface area contributed by atoms with Crippen molar-refractivity contribution < 1.29 is 19.0 Å². The molecule has 0 aliphatic rings. The number of nitriles is 1. The molecule has 0 saturated carbocycles. The van der Waals surface area contributed by atoms with E-state index in [1.807, 2.05) is 0 Å². The van der Waals surface area contributed by atoms with Gasteiger partial charge in [0.25, 0.3) is 0 Å². The molecule has 7 heteroatoms. The van der Waals surface area contributed by atoms with Crippen LogP contribution < -0.4 is 5.73 Å². The van der Waals surface area contributed by atoms with Gasteiger partial charge in [0.2, 0.25) is 0 Å². The van der Waals surface area contributed by atoms with Crippen molar-refractivity contribution in [1.82, 2.24) is 0 Å². The van der Waals surface area contributed by atoms with Crippen LogP contribution in [0.5, 0.6) is 5.75 Å². The van der Waals surface area contributed by atoms with Crippen LogP contribution in [0.15, 0.2) is 12.1 Å². The second-order valence-electron chi connectivity index (χ2n) is 3.36. The number of nitrogens with two attached hydrogens (primary N) is 1. The molecule has 0 heterocycles. The zero-order valence-corrected chi connectivity index (χ0v) is 10.3. The van der Waals surface area contributed by atoms with Gasteiger partial charge in [0.15, 0.2) is 0 Å². The smallest absolute Gasteiger partial charge is 0.307 e. The number of hydrogen-bond acceptors (Lipinski definition) is 5.